The number of fused-ring (bicyclic) bond motifs is 1. The van der Waals surface area contributed by atoms with Gasteiger partial charge in [0.05, 0.1) is 10.6 Å². The van der Waals surface area contributed by atoms with Crippen molar-refractivity contribution in [3.63, 3.8) is 0 Å². The van der Waals surface area contributed by atoms with E-state index in [9.17, 15) is 18.0 Å². The van der Waals surface area contributed by atoms with Gasteiger partial charge in [-0.3, -0.25) is 9.59 Å². The van der Waals surface area contributed by atoms with Gasteiger partial charge < -0.3 is 20.7 Å². The summed E-state index contributed by atoms with van der Waals surface area (Å²) in [7, 11) is -0.714. The van der Waals surface area contributed by atoms with Crippen LogP contribution in [0.15, 0.2) is 47.4 Å². The predicted octanol–water partition coefficient (Wildman–Crippen LogP) is 2.10. The van der Waals surface area contributed by atoms with Crippen LogP contribution in [0.5, 0.6) is 5.75 Å². The number of carbonyl (C=O) groups is 2. The highest BCUT2D eigenvalue weighted by atomic mass is 32.2. The molecule has 0 fully saturated rings. The lowest BCUT2D eigenvalue weighted by Crippen LogP contribution is -2.34. The molecule has 1 aliphatic rings. The van der Waals surface area contributed by atoms with E-state index in [1.165, 1.54) is 26.2 Å². The monoisotopic (exact) mass is 432 g/mol. The summed E-state index contributed by atoms with van der Waals surface area (Å²) < 4.78 is 31.2. The zero-order valence-corrected chi connectivity index (χ0v) is 17.9. The number of benzene rings is 2. The molecule has 10 heteroatoms. The third-order valence-electron chi connectivity index (χ3n) is 4.57. The Morgan fingerprint density at radius 3 is 2.60 bits per heavy atom. The second-order valence-corrected chi connectivity index (χ2v) is 9.28. The average Bonchev–Trinajstić information content (AvgIpc) is 2.69. The lowest BCUT2D eigenvalue weighted by atomic mass is 10.2. The van der Waals surface area contributed by atoms with Crippen LogP contribution in [0.4, 0.5) is 17.1 Å². The van der Waals surface area contributed by atoms with Gasteiger partial charge in [-0.2, -0.15) is 0 Å². The number of carbonyl (C=O) groups excluding carboxylic acids is 2. The molecule has 0 aromatic heterocycles. The zero-order chi connectivity index (χ0) is 22.1. The van der Waals surface area contributed by atoms with Crippen molar-refractivity contribution in [3.05, 3.63) is 42.5 Å². The number of amides is 2. The first-order chi connectivity index (χ1) is 14.1. The standard InChI is InChI=1S/C20H24N4O5S/c1-12(21-15-8-9-18-17(11-15)23-20(26)13(2)29-18)19(25)22-14-6-5-7-16(10-14)30(27,28)24(3)4/h5-13,21H,1-4H3,(H,22,25)(H,23,26)/t12-,13+/m1/s1. The molecule has 0 radical (unpaired) electrons. The zero-order valence-electron chi connectivity index (χ0n) is 17.1. The van der Waals surface area contributed by atoms with Gasteiger partial charge in [0, 0.05) is 25.5 Å². The van der Waals surface area contributed by atoms with Crippen LogP contribution in [0, 0.1) is 0 Å². The summed E-state index contributed by atoms with van der Waals surface area (Å²) in [6.07, 6.45) is -0.562. The number of sulfonamides is 1. The normalized spacial score (nSPS) is 16.8. The fraction of sp³-hybridized carbons (Fsp3) is 0.300. The molecule has 2 aromatic carbocycles. The molecule has 0 saturated carbocycles. The van der Waals surface area contributed by atoms with Gasteiger partial charge in [0.25, 0.3) is 5.91 Å². The minimum Gasteiger partial charge on any atom is -0.479 e. The van der Waals surface area contributed by atoms with Crippen LogP contribution in [-0.4, -0.2) is 50.8 Å². The number of rotatable bonds is 6. The lowest BCUT2D eigenvalue weighted by molar-refractivity contribution is -0.122. The summed E-state index contributed by atoms with van der Waals surface area (Å²) in [5.41, 5.74) is 1.52. The maximum absolute atomic E-state index is 12.6. The van der Waals surface area contributed by atoms with Crippen molar-refractivity contribution in [3.8, 4) is 5.75 Å². The van der Waals surface area contributed by atoms with Gasteiger partial charge >= 0.3 is 0 Å². The fourth-order valence-corrected chi connectivity index (χ4v) is 3.76. The number of anilines is 3. The van der Waals surface area contributed by atoms with Crippen LogP contribution in [0.2, 0.25) is 0 Å². The van der Waals surface area contributed by atoms with E-state index >= 15 is 0 Å². The molecule has 30 heavy (non-hydrogen) atoms. The smallest absolute Gasteiger partial charge is 0.265 e. The highest BCUT2D eigenvalue weighted by Crippen LogP contribution is 2.32. The quantitative estimate of drug-likeness (QED) is 0.644. The summed E-state index contributed by atoms with van der Waals surface area (Å²) in [5, 5.41) is 8.52. The van der Waals surface area contributed by atoms with Crippen LogP contribution < -0.4 is 20.7 Å². The third-order valence-corrected chi connectivity index (χ3v) is 6.38. The molecule has 0 saturated heterocycles. The number of nitrogens with one attached hydrogen (secondary N) is 3. The number of ether oxygens (including phenoxy) is 1. The Morgan fingerprint density at radius 1 is 1.17 bits per heavy atom. The van der Waals surface area contributed by atoms with Crippen molar-refractivity contribution in [1.29, 1.82) is 0 Å². The summed E-state index contributed by atoms with van der Waals surface area (Å²) in [5.74, 6) is -0.0253. The summed E-state index contributed by atoms with van der Waals surface area (Å²) >= 11 is 0. The average molecular weight is 433 g/mol. The van der Waals surface area contributed by atoms with E-state index in [1.54, 1.807) is 44.2 Å². The molecular weight excluding hydrogens is 408 g/mol. The van der Waals surface area contributed by atoms with Gasteiger partial charge in [0.2, 0.25) is 15.9 Å². The Morgan fingerprint density at radius 2 is 1.90 bits per heavy atom. The van der Waals surface area contributed by atoms with Crippen LogP contribution in [-0.2, 0) is 19.6 Å². The van der Waals surface area contributed by atoms with E-state index in [0.717, 1.165) is 4.31 Å². The van der Waals surface area contributed by atoms with Crippen LogP contribution in [0.1, 0.15) is 13.8 Å². The van der Waals surface area contributed by atoms with Crippen molar-refractivity contribution in [2.75, 3.05) is 30.0 Å². The van der Waals surface area contributed by atoms with Gasteiger partial charge in [-0.15, -0.1) is 0 Å². The molecule has 2 aromatic rings. The molecule has 1 aliphatic heterocycles. The van der Waals surface area contributed by atoms with Crippen molar-refractivity contribution in [1.82, 2.24) is 4.31 Å². The van der Waals surface area contributed by atoms with Crippen molar-refractivity contribution in [2.24, 2.45) is 0 Å². The fourth-order valence-electron chi connectivity index (χ4n) is 2.81. The minimum absolute atomic E-state index is 0.0885. The lowest BCUT2D eigenvalue weighted by Gasteiger charge is -2.24. The first-order valence-corrected chi connectivity index (χ1v) is 10.7. The van der Waals surface area contributed by atoms with Crippen molar-refractivity contribution < 1.29 is 22.7 Å². The molecule has 2 atom stereocenters. The summed E-state index contributed by atoms with van der Waals surface area (Å²) in [6, 6.07) is 10.6. The van der Waals surface area contributed by atoms with Gasteiger partial charge in [-0.05, 0) is 50.2 Å². The Hall–Kier alpha value is -3.11. The molecule has 9 nitrogen and oxygen atoms in total. The SMILES string of the molecule is C[C@@H]1Oc2ccc(N[C@H](C)C(=O)Nc3cccc(S(=O)(=O)N(C)C)c3)cc2NC1=O. The molecule has 1 heterocycles. The van der Waals surface area contributed by atoms with E-state index in [1.807, 2.05) is 0 Å². The van der Waals surface area contributed by atoms with Gasteiger partial charge in [-0.1, -0.05) is 6.07 Å². The van der Waals surface area contributed by atoms with E-state index in [0.29, 0.717) is 22.8 Å². The second kappa shape index (κ2) is 8.33. The van der Waals surface area contributed by atoms with E-state index in [2.05, 4.69) is 16.0 Å². The Balaban J connectivity index is 1.69. The molecule has 0 spiro atoms. The number of hydrogen-bond acceptors (Lipinski definition) is 6. The van der Waals surface area contributed by atoms with Crippen molar-refractivity contribution >= 4 is 38.9 Å². The molecule has 0 aliphatic carbocycles. The highest BCUT2D eigenvalue weighted by Gasteiger charge is 2.24. The summed E-state index contributed by atoms with van der Waals surface area (Å²) in [4.78, 5) is 24.4. The number of hydrogen-bond donors (Lipinski definition) is 3. The Bertz CT molecular complexity index is 1080. The molecule has 0 unspecified atom stereocenters. The third kappa shape index (κ3) is 4.55. The molecule has 160 valence electrons. The van der Waals surface area contributed by atoms with E-state index in [4.69, 9.17) is 4.74 Å². The van der Waals surface area contributed by atoms with Crippen molar-refractivity contribution in [2.45, 2.75) is 30.9 Å². The predicted molar refractivity (Wildman–Crippen MR) is 114 cm³/mol. The Kier molecular flexibility index (Phi) is 5.99. The topological polar surface area (TPSA) is 117 Å². The Labute approximate surface area is 175 Å². The van der Waals surface area contributed by atoms with Gasteiger partial charge in [0.1, 0.15) is 11.8 Å². The van der Waals surface area contributed by atoms with Gasteiger partial charge in [0.15, 0.2) is 6.10 Å². The maximum atomic E-state index is 12.6. The molecule has 0 bridgehead atoms. The van der Waals surface area contributed by atoms with E-state index in [-0.39, 0.29) is 16.7 Å². The minimum atomic E-state index is -3.60. The first-order valence-electron chi connectivity index (χ1n) is 9.29. The van der Waals surface area contributed by atoms with Crippen LogP contribution >= 0.6 is 0 Å². The van der Waals surface area contributed by atoms with Gasteiger partial charge in [-0.25, -0.2) is 12.7 Å². The molecule has 2 amide bonds. The number of nitrogens with zero attached hydrogens (tertiary/aromatic N) is 1. The van der Waals surface area contributed by atoms with Crippen LogP contribution in [0.25, 0.3) is 0 Å². The molecular formula is C20H24N4O5S. The van der Waals surface area contributed by atoms with Crippen LogP contribution in [0.3, 0.4) is 0 Å². The maximum Gasteiger partial charge on any atom is 0.265 e. The largest absolute Gasteiger partial charge is 0.479 e. The second-order valence-electron chi connectivity index (χ2n) is 7.13. The first kappa shape index (κ1) is 21.6. The summed E-state index contributed by atoms with van der Waals surface area (Å²) in [6.45, 7) is 3.34. The highest BCUT2D eigenvalue weighted by molar-refractivity contribution is 7.89. The molecule has 3 N–H and O–H groups in total. The molecule has 3 rings (SSSR count). The van der Waals surface area contributed by atoms with E-state index < -0.39 is 22.2 Å².